The molecule has 0 aromatic carbocycles. The van der Waals surface area contributed by atoms with Crippen LogP contribution in [0.2, 0.25) is 0 Å². The highest BCUT2D eigenvalue weighted by Gasteiger charge is 2.21. The van der Waals surface area contributed by atoms with E-state index in [-0.39, 0.29) is 12.2 Å². The Morgan fingerprint density at radius 3 is 2.73 bits per heavy atom. The molecule has 0 heterocycles. The lowest BCUT2D eigenvalue weighted by Gasteiger charge is -2.00. The Morgan fingerprint density at radius 1 is 1.40 bits per heavy atom. The van der Waals surface area contributed by atoms with E-state index in [0.717, 1.165) is 10.7 Å². The van der Waals surface area contributed by atoms with Crippen molar-refractivity contribution in [3.63, 3.8) is 0 Å². The Hall–Kier alpha value is -0.280. The monoisotopic (exact) mass is 228 g/mol. The van der Waals surface area contributed by atoms with Crippen molar-refractivity contribution < 1.29 is 9.90 Å². The molecule has 0 saturated carbocycles. The average molecular weight is 228 g/mol. The van der Waals surface area contributed by atoms with Gasteiger partial charge in [0.25, 0.3) is 0 Å². The second-order valence-corrected chi connectivity index (χ2v) is 5.12. The molecule has 0 aromatic rings. The van der Waals surface area contributed by atoms with Gasteiger partial charge in [-0.1, -0.05) is 32.6 Å². The molecule has 0 aliphatic heterocycles. The molecule has 0 fully saturated rings. The molecule has 0 radical (unpaired) electrons. The topological polar surface area (TPSA) is 37.3 Å². The van der Waals surface area contributed by atoms with E-state index >= 15 is 0 Å². The van der Waals surface area contributed by atoms with Crippen molar-refractivity contribution in [1.29, 1.82) is 0 Å². The Kier molecular flexibility index (Phi) is 6.03. The smallest absolute Gasteiger partial charge is 0.171 e. The number of aliphatic hydroxyl groups excluding tert-OH is 1. The van der Waals surface area contributed by atoms with Gasteiger partial charge in [0.05, 0.1) is 6.10 Å². The fourth-order valence-corrected chi connectivity index (χ4v) is 2.70. The molecule has 1 aliphatic carbocycles. The van der Waals surface area contributed by atoms with Gasteiger partial charge in [0.2, 0.25) is 0 Å². The van der Waals surface area contributed by atoms with Crippen LogP contribution >= 0.6 is 11.8 Å². The minimum atomic E-state index is -0.528. The van der Waals surface area contributed by atoms with Gasteiger partial charge >= 0.3 is 0 Å². The maximum absolute atomic E-state index is 11.3. The first-order valence-corrected chi connectivity index (χ1v) is 6.78. The lowest BCUT2D eigenvalue weighted by Crippen LogP contribution is -2.00. The summed E-state index contributed by atoms with van der Waals surface area (Å²) in [5.41, 5.74) is 0. The zero-order chi connectivity index (χ0) is 11.1. The zero-order valence-electron chi connectivity index (χ0n) is 9.37. The standard InChI is InChI=1S/C12H20O2S/c1-2-3-4-5-6-7-15-12-9-10(13)8-11(12)14/h9-10,13H,2-8H2,1H3. The molecular weight excluding hydrogens is 208 g/mol. The third kappa shape index (κ3) is 4.85. The third-order valence-electron chi connectivity index (χ3n) is 2.52. The minimum Gasteiger partial charge on any atom is -0.389 e. The van der Waals surface area contributed by atoms with Crippen molar-refractivity contribution in [2.45, 2.75) is 51.6 Å². The summed E-state index contributed by atoms with van der Waals surface area (Å²) in [6, 6.07) is 0. The van der Waals surface area contributed by atoms with Crippen LogP contribution in [0, 0.1) is 0 Å². The molecule has 86 valence electrons. The van der Waals surface area contributed by atoms with E-state index in [9.17, 15) is 9.90 Å². The first-order valence-electron chi connectivity index (χ1n) is 5.80. The summed E-state index contributed by atoms with van der Waals surface area (Å²) >= 11 is 1.61. The number of ketones is 1. The third-order valence-corrected chi connectivity index (χ3v) is 3.69. The van der Waals surface area contributed by atoms with E-state index in [2.05, 4.69) is 6.92 Å². The summed E-state index contributed by atoms with van der Waals surface area (Å²) in [4.78, 5) is 12.1. The molecule has 0 spiro atoms. The minimum absolute atomic E-state index is 0.112. The second kappa shape index (κ2) is 7.07. The molecule has 1 aliphatic rings. The van der Waals surface area contributed by atoms with Crippen LogP contribution in [0.4, 0.5) is 0 Å². The van der Waals surface area contributed by atoms with E-state index in [0.29, 0.717) is 0 Å². The highest BCUT2D eigenvalue weighted by atomic mass is 32.2. The van der Waals surface area contributed by atoms with Crippen LogP contribution in [0.25, 0.3) is 0 Å². The molecule has 1 atom stereocenters. The van der Waals surface area contributed by atoms with Gasteiger partial charge in [-0.25, -0.2) is 0 Å². The number of rotatable bonds is 7. The Morgan fingerprint density at radius 2 is 2.13 bits per heavy atom. The summed E-state index contributed by atoms with van der Waals surface area (Å²) in [6.45, 7) is 2.21. The van der Waals surface area contributed by atoms with Crippen LogP contribution in [0.1, 0.15) is 45.4 Å². The largest absolute Gasteiger partial charge is 0.389 e. The number of thioether (sulfide) groups is 1. The van der Waals surface area contributed by atoms with Gasteiger partial charge in [0.15, 0.2) is 5.78 Å². The molecule has 1 rings (SSSR count). The molecular formula is C12H20O2S. The lowest BCUT2D eigenvalue weighted by atomic mass is 10.2. The number of aliphatic hydroxyl groups is 1. The fraction of sp³-hybridized carbons (Fsp3) is 0.750. The lowest BCUT2D eigenvalue weighted by molar-refractivity contribution is -0.115. The Labute approximate surface area is 96.1 Å². The van der Waals surface area contributed by atoms with Crippen molar-refractivity contribution in [1.82, 2.24) is 0 Å². The average Bonchev–Trinajstić information content (AvgIpc) is 2.51. The van der Waals surface area contributed by atoms with Gasteiger partial charge in [-0.15, -0.1) is 11.8 Å². The molecule has 0 amide bonds. The normalized spacial score (nSPS) is 20.8. The van der Waals surface area contributed by atoms with Crippen molar-refractivity contribution >= 4 is 17.5 Å². The van der Waals surface area contributed by atoms with Crippen LogP contribution in [-0.2, 0) is 4.79 Å². The number of allylic oxidation sites excluding steroid dienone is 1. The van der Waals surface area contributed by atoms with E-state index in [4.69, 9.17) is 0 Å². The number of carbonyl (C=O) groups excluding carboxylic acids is 1. The van der Waals surface area contributed by atoms with Crippen LogP contribution < -0.4 is 0 Å². The summed E-state index contributed by atoms with van der Waals surface area (Å²) in [5, 5.41) is 9.23. The van der Waals surface area contributed by atoms with Gasteiger partial charge < -0.3 is 5.11 Å². The molecule has 3 heteroatoms. The number of unbranched alkanes of at least 4 members (excludes halogenated alkanes) is 4. The predicted molar refractivity (Wildman–Crippen MR) is 64.9 cm³/mol. The number of Topliss-reactive ketones (excluding diaryl/α,β-unsaturated/α-hetero) is 1. The summed E-state index contributed by atoms with van der Waals surface area (Å²) in [5.74, 6) is 1.12. The van der Waals surface area contributed by atoms with Crippen molar-refractivity contribution in [2.75, 3.05) is 5.75 Å². The van der Waals surface area contributed by atoms with E-state index in [1.807, 2.05) is 0 Å². The molecule has 1 unspecified atom stereocenters. The van der Waals surface area contributed by atoms with E-state index in [1.54, 1.807) is 17.8 Å². The SMILES string of the molecule is CCCCCCCSC1=CC(O)CC1=O. The molecule has 15 heavy (non-hydrogen) atoms. The maximum Gasteiger partial charge on any atom is 0.171 e. The molecule has 1 N–H and O–H groups in total. The molecule has 0 aromatic heterocycles. The highest BCUT2D eigenvalue weighted by molar-refractivity contribution is 8.04. The Bertz CT molecular complexity index is 236. The van der Waals surface area contributed by atoms with Crippen LogP contribution in [0.3, 0.4) is 0 Å². The van der Waals surface area contributed by atoms with Crippen LogP contribution in [0.15, 0.2) is 11.0 Å². The highest BCUT2D eigenvalue weighted by Crippen LogP contribution is 2.26. The van der Waals surface area contributed by atoms with E-state index in [1.165, 1.54) is 32.1 Å². The van der Waals surface area contributed by atoms with Gasteiger partial charge in [0.1, 0.15) is 0 Å². The van der Waals surface area contributed by atoms with E-state index < -0.39 is 6.10 Å². The van der Waals surface area contributed by atoms with Crippen molar-refractivity contribution in [3.8, 4) is 0 Å². The van der Waals surface area contributed by atoms with Gasteiger partial charge in [-0.3, -0.25) is 4.79 Å². The molecule has 0 saturated heterocycles. The summed E-state index contributed by atoms with van der Waals surface area (Å²) in [6.07, 6.45) is 7.76. The molecule has 2 nitrogen and oxygen atoms in total. The van der Waals surface area contributed by atoms with Gasteiger partial charge in [-0.2, -0.15) is 0 Å². The van der Waals surface area contributed by atoms with Crippen molar-refractivity contribution in [3.05, 3.63) is 11.0 Å². The zero-order valence-corrected chi connectivity index (χ0v) is 10.2. The first kappa shape index (κ1) is 12.8. The molecule has 0 bridgehead atoms. The maximum atomic E-state index is 11.3. The number of hydrogen-bond acceptors (Lipinski definition) is 3. The number of carbonyl (C=O) groups is 1. The van der Waals surface area contributed by atoms with Crippen molar-refractivity contribution in [2.24, 2.45) is 0 Å². The fourth-order valence-electron chi connectivity index (χ4n) is 1.63. The van der Waals surface area contributed by atoms with Gasteiger partial charge in [-0.05, 0) is 18.2 Å². The van der Waals surface area contributed by atoms with Crippen LogP contribution in [-0.4, -0.2) is 22.7 Å². The number of hydrogen-bond donors (Lipinski definition) is 1. The Balaban J connectivity index is 2.05. The first-order chi connectivity index (χ1) is 7.24. The van der Waals surface area contributed by atoms with Gasteiger partial charge in [0, 0.05) is 11.3 Å². The predicted octanol–water partition coefficient (Wildman–Crippen LogP) is 2.91. The summed E-state index contributed by atoms with van der Waals surface area (Å²) < 4.78 is 0. The van der Waals surface area contributed by atoms with Crippen LogP contribution in [0.5, 0.6) is 0 Å². The quantitative estimate of drug-likeness (QED) is 0.681. The second-order valence-electron chi connectivity index (χ2n) is 3.99. The summed E-state index contributed by atoms with van der Waals surface area (Å²) in [7, 11) is 0.